The fraction of sp³-hybridized carbons (Fsp3) is 0.217. The molecule has 0 unspecified atom stereocenters. The Bertz CT molecular complexity index is 931. The van der Waals surface area contributed by atoms with Gasteiger partial charge in [-0.1, -0.05) is 60.7 Å². The summed E-state index contributed by atoms with van der Waals surface area (Å²) in [7, 11) is 0. The third-order valence-electron chi connectivity index (χ3n) is 4.52. The van der Waals surface area contributed by atoms with Crippen molar-refractivity contribution in [3.63, 3.8) is 0 Å². The maximum Gasteiger partial charge on any atom is 0.311 e. The number of rotatable bonds is 6. The topological polar surface area (TPSA) is 46.6 Å². The summed E-state index contributed by atoms with van der Waals surface area (Å²) in [5, 5.41) is 2.10. The van der Waals surface area contributed by atoms with Crippen LogP contribution in [-0.2, 0) is 20.7 Å². The molecular formula is C23H23NO3. The van der Waals surface area contributed by atoms with Crippen LogP contribution in [0.3, 0.4) is 0 Å². The Labute approximate surface area is 159 Å². The molecule has 1 atom stereocenters. The molecule has 0 aromatic heterocycles. The second-order valence-corrected chi connectivity index (χ2v) is 6.37. The molecule has 0 fully saturated rings. The summed E-state index contributed by atoms with van der Waals surface area (Å²) in [5.74, 6) is -0.633. The van der Waals surface area contributed by atoms with Gasteiger partial charge in [-0.2, -0.15) is 0 Å². The van der Waals surface area contributed by atoms with E-state index >= 15 is 0 Å². The number of likely N-dealkylation sites (N-methyl/N-ethyl adjacent to an activating group) is 1. The van der Waals surface area contributed by atoms with Crippen molar-refractivity contribution < 1.29 is 14.3 Å². The molecule has 0 saturated heterocycles. The van der Waals surface area contributed by atoms with Crippen LogP contribution in [0, 0.1) is 0 Å². The van der Waals surface area contributed by atoms with E-state index in [1.165, 1.54) is 0 Å². The van der Waals surface area contributed by atoms with Gasteiger partial charge in [0, 0.05) is 12.2 Å². The largest absolute Gasteiger partial charge is 0.452 e. The van der Waals surface area contributed by atoms with Crippen LogP contribution >= 0.6 is 0 Å². The third kappa shape index (κ3) is 4.34. The first kappa shape index (κ1) is 18.6. The summed E-state index contributed by atoms with van der Waals surface area (Å²) in [6, 6.07) is 23.1. The number of fused-ring (bicyclic) bond motifs is 1. The summed E-state index contributed by atoms with van der Waals surface area (Å²) < 4.78 is 5.44. The van der Waals surface area contributed by atoms with Crippen molar-refractivity contribution in [1.29, 1.82) is 0 Å². The van der Waals surface area contributed by atoms with Crippen LogP contribution in [0.25, 0.3) is 10.8 Å². The molecule has 4 nitrogen and oxygen atoms in total. The molecular weight excluding hydrogens is 338 g/mol. The number of amides is 1. The fourth-order valence-electron chi connectivity index (χ4n) is 3.18. The maximum atomic E-state index is 12.7. The molecule has 0 heterocycles. The van der Waals surface area contributed by atoms with Crippen molar-refractivity contribution in [1.82, 2.24) is 0 Å². The van der Waals surface area contributed by atoms with E-state index in [0.717, 1.165) is 22.0 Å². The first-order valence-corrected chi connectivity index (χ1v) is 9.12. The normalized spacial score (nSPS) is 11.8. The van der Waals surface area contributed by atoms with Gasteiger partial charge in [0.15, 0.2) is 6.10 Å². The van der Waals surface area contributed by atoms with E-state index in [4.69, 9.17) is 4.74 Å². The maximum absolute atomic E-state index is 12.7. The van der Waals surface area contributed by atoms with Crippen LogP contribution in [0.1, 0.15) is 19.4 Å². The number of ether oxygens (including phenoxy) is 1. The average Bonchev–Trinajstić information content (AvgIpc) is 2.69. The molecule has 0 bridgehead atoms. The zero-order valence-electron chi connectivity index (χ0n) is 15.6. The summed E-state index contributed by atoms with van der Waals surface area (Å²) in [6.45, 7) is 4.03. The zero-order chi connectivity index (χ0) is 19.2. The lowest BCUT2D eigenvalue weighted by atomic mass is 10.0. The SMILES string of the molecule is CCN(C(=O)[C@@H](C)OC(=O)Cc1cccc2ccccc12)c1ccccc1. The molecule has 27 heavy (non-hydrogen) atoms. The minimum Gasteiger partial charge on any atom is -0.452 e. The standard InChI is InChI=1S/C23H23NO3/c1-3-24(20-13-5-4-6-14-20)23(26)17(2)27-22(25)16-19-12-9-11-18-10-7-8-15-21(18)19/h4-15,17H,3,16H2,1-2H3/t17-/m1/s1. The van der Waals surface area contributed by atoms with Crippen molar-refractivity contribution in [3.05, 3.63) is 78.4 Å². The van der Waals surface area contributed by atoms with E-state index in [2.05, 4.69) is 0 Å². The van der Waals surface area contributed by atoms with Gasteiger partial charge in [0.2, 0.25) is 0 Å². The van der Waals surface area contributed by atoms with Gasteiger partial charge in [-0.15, -0.1) is 0 Å². The van der Waals surface area contributed by atoms with Gasteiger partial charge in [0.1, 0.15) is 0 Å². The number of hydrogen-bond acceptors (Lipinski definition) is 3. The first-order chi connectivity index (χ1) is 13.1. The van der Waals surface area contributed by atoms with E-state index in [9.17, 15) is 9.59 Å². The van der Waals surface area contributed by atoms with Crippen LogP contribution in [0.15, 0.2) is 72.8 Å². The Morgan fingerprint density at radius 1 is 0.926 bits per heavy atom. The third-order valence-corrected chi connectivity index (χ3v) is 4.52. The predicted octanol–water partition coefficient (Wildman–Crippen LogP) is 4.37. The lowest BCUT2D eigenvalue weighted by molar-refractivity contribution is -0.153. The second kappa shape index (κ2) is 8.49. The molecule has 0 saturated carbocycles. The summed E-state index contributed by atoms with van der Waals surface area (Å²) >= 11 is 0. The summed E-state index contributed by atoms with van der Waals surface area (Å²) in [4.78, 5) is 26.8. The Morgan fingerprint density at radius 3 is 2.33 bits per heavy atom. The van der Waals surface area contributed by atoms with Gasteiger partial charge in [0.05, 0.1) is 6.42 Å². The number of carbonyl (C=O) groups is 2. The highest BCUT2D eigenvalue weighted by Gasteiger charge is 2.24. The Hall–Kier alpha value is -3.14. The predicted molar refractivity (Wildman–Crippen MR) is 108 cm³/mol. The van der Waals surface area contributed by atoms with Crippen LogP contribution < -0.4 is 4.90 Å². The van der Waals surface area contributed by atoms with Gasteiger partial charge >= 0.3 is 5.97 Å². The van der Waals surface area contributed by atoms with Gasteiger partial charge in [-0.05, 0) is 42.3 Å². The van der Waals surface area contributed by atoms with Gasteiger partial charge < -0.3 is 9.64 Å². The number of anilines is 1. The molecule has 3 aromatic carbocycles. The molecule has 0 spiro atoms. The number of benzene rings is 3. The number of esters is 1. The Morgan fingerprint density at radius 2 is 1.59 bits per heavy atom. The van der Waals surface area contributed by atoms with Gasteiger partial charge in [0.25, 0.3) is 5.91 Å². The van der Waals surface area contributed by atoms with E-state index in [1.807, 2.05) is 79.7 Å². The highest BCUT2D eigenvalue weighted by atomic mass is 16.5. The molecule has 4 heteroatoms. The number of nitrogens with zero attached hydrogens (tertiary/aromatic N) is 1. The molecule has 3 aromatic rings. The zero-order valence-corrected chi connectivity index (χ0v) is 15.6. The van der Waals surface area contributed by atoms with E-state index in [1.54, 1.807) is 11.8 Å². The van der Waals surface area contributed by atoms with Crippen molar-refractivity contribution in [3.8, 4) is 0 Å². The molecule has 1 amide bonds. The summed E-state index contributed by atoms with van der Waals surface area (Å²) in [6.07, 6.45) is -0.705. The molecule has 3 rings (SSSR count). The number of carbonyl (C=O) groups excluding carboxylic acids is 2. The van der Waals surface area contributed by atoms with Crippen LogP contribution in [0.4, 0.5) is 5.69 Å². The lowest BCUT2D eigenvalue weighted by Crippen LogP contribution is -2.40. The molecule has 0 radical (unpaired) electrons. The highest BCUT2D eigenvalue weighted by molar-refractivity contribution is 5.97. The minimum atomic E-state index is -0.840. The first-order valence-electron chi connectivity index (χ1n) is 9.12. The van der Waals surface area contributed by atoms with Crippen molar-refractivity contribution in [2.75, 3.05) is 11.4 Å². The summed E-state index contributed by atoms with van der Waals surface area (Å²) in [5.41, 5.74) is 1.69. The Kier molecular flexibility index (Phi) is 5.87. The second-order valence-electron chi connectivity index (χ2n) is 6.37. The lowest BCUT2D eigenvalue weighted by Gasteiger charge is -2.24. The van der Waals surface area contributed by atoms with E-state index < -0.39 is 12.1 Å². The van der Waals surface area contributed by atoms with Gasteiger partial charge in [-0.3, -0.25) is 9.59 Å². The molecule has 0 aliphatic rings. The fourth-order valence-corrected chi connectivity index (χ4v) is 3.18. The molecule has 138 valence electrons. The van der Waals surface area contributed by atoms with Crippen molar-refractivity contribution >= 4 is 28.3 Å². The van der Waals surface area contributed by atoms with E-state index in [0.29, 0.717) is 6.54 Å². The van der Waals surface area contributed by atoms with Crippen LogP contribution in [0.2, 0.25) is 0 Å². The van der Waals surface area contributed by atoms with Crippen molar-refractivity contribution in [2.45, 2.75) is 26.4 Å². The van der Waals surface area contributed by atoms with Crippen LogP contribution in [-0.4, -0.2) is 24.5 Å². The molecule has 0 N–H and O–H groups in total. The van der Waals surface area contributed by atoms with Crippen LogP contribution in [0.5, 0.6) is 0 Å². The Balaban J connectivity index is 1.69. The highest BCUT2D eigenvalue weighted by Crippen LogP contribution is 2.20. The monoisotopic (exact) mass is 361 g/mol. The number of hydrogen-bond donors (Lipinski definition) is 0. The number of para-hydroxylation sites is 1. The minimum absolute atomic E-state index is 0.135. The van der Waals surface area contributed by atoms with Crippen molar-refractivity contribution in [2.24, 2.45) is 0 Å². The average molecular weight is 361 g/mol. The smallest absolute Gasteiger partial charge is 0.311 e. The quantitative estimate of drug-likeness (QED) is 0.613. The van der Waals surface area contributed by atoms with Gasteiger partial charge in [-0.25, -0.2) is 0 Å². The van der Waals surface area contributed by atoms with E-state index in [-0.39, 0.29) is 12.3 Å². The molecule has 0 aliphatic carbocycles. The molecule has 0 aliphatic heterocycles.